The van der Waals surface area contributed by atoms with E-state index >= 15 is 0 Å². The number of aryl methyl sites for hydroxylation is 1. The predicted molar refractivity (Wildman–Crippen MR) is 50.2 cm³/mol. The number of rotatable bonds is 2. The van der Waals surface area contributed by atoms with E-state index in [1.165, 1.54) is 22.9 Å². The van der Waals surface area contributed by atoms with E-state index in [1.807, 2.05) is 0 Å². The number of halogens is 2. The van der Waals surface area contributed by atoms with E-state index in [0.717, 1.165) is 0 Å². The Balaban J connectivity index is 2.31. The van der Waals surface area contributed by atoms with Gasteiger partial charge in [0.1, 0.15) is 11.6 Å². The van der Waals surface area contributed by atoms with Gasteiger partial charge < -0.3 is 0 Å². The molecule has 1 heterocycles. The molecule has 78 valence electrons. The maximum atomic E-state index is 13.2. The Labute approximate surface area is 85.3 Å². The second-order valence-corrected chi connectivity index (χ2v) is 3.26. The lowest BCUT2D eigenvalue weighted by Crippen LogP contribution is -2.05. The van der Waals surface area contributed by atoms with Crippen molar-refractivity contribution in [3.8, 4) is 0 Å². The van der Waals surface area contributed by atoms with Crippen molar-refractivity contribution in [2.75, 3.05) is 0 Å². The van der Waals surface area contributed by atoms with E-state index in [2.05, 4.69) is 10.3 Å². The van der Waals surface area contributed by atoms with Crippen LogP contribution in [-0.2, 0) is 6.54 Å². The minimum Gasteiger partial charge on any atom is -0.248 e. The van der Waals surface area contributed by atoms with E-state index < -0.39 is 11.6 Å². The first-order valence-corrected chi connectivity index (χ1v) is 4.46. The molecule has 15 heavy (non-hydrogen) atoms. The maximum absolute atomic E-state index is 13.2. The van der Waals surface area contributed by atoms with E-state index in [4.69, 9.17) is 0 Å². The van der Waals surface area contributed by atoms with Crippen LogP contribution in [0.3, 0.4) is 0 Å². The third-order valence-corrected chi connectivity index (χ3v) is 2.03. The predicted octanol–water partition coefficient (Wildman–Crippen LogP) is 1.91. The zero-order chi connectivity index (χ0) is 10.8. The Morgan fingerprint density at radius 2 is 1.93 bits per heavy atom. The minimum atomic E-state index is -0.567. The first-order chi connectivity index (χ1) is 7.16. The molecule has 0 unspecified atom stereocenters. The van der Waals surface area contributed by atoms with Gasteiger partial charge in [0, 0.05) is 11.8 Å². The van der Waals surface area contributed by atoms with Crippen LogP contribution in [0.1, 0.15) is 11.3 Å². The van der Waals surface area contributed by atoms with Gasteiger partial charge in [0.05, 0.1) is 12.2 Å². The maximum Gasteiger partial charge on any atom is 0.131 e. The molecule has 0 atom stereocenters. The lowest BCUT2D eigenvalue weighted by Gasteiger charge is -2.03. The van der Waals surface area contributed by atoms with Gasteiger partial charge in [-0.2, -0.15) is 0 Å². The highest BCUT2D eigenvalue weighted by Gasteiger charge is 2.09. The standard InChI is InChI=1S/C10H9F2N3/c1-7-5-15(14-13-7)6-8-9(11)3-2-4-10(8)12/h2-5H,6H2,1H3. The van der Waals surface area contributed by atoms with E-state index in [-0.39, 0.29) is 12.1 Å². The van der Waals surface area contributed by atoms with Crippen LogP contribution in [0.25, 0.3) is 0 Å². The van der Waals surface area contributed by atoms with Crippen molar-refractivity contribution >= 4 is 0 Å². The fourth-order valence-electron chi connectivity index (χ4n) is 1.32. The van der Waals surface area contributed by atoms with Gasteiger partial charge in [0.2, 0.25) is 0 Å². The highest BCUT2D eigenvalue weighted by atomic mass is 19.1. The van der Waals surface area contributed by atoms with E-state index in [9.17, 15) is 8.78 Å². The average molecular weight is 209 g/mol. The smallest absolute Gasteiger partial charge is 0.131 e. The number of benzene rings is 1. The van der Waals surface area contributed by atoms with Crippen molar-refractivity contribution in [1.82, 2.24) is 15.0 Å². The Bertz CT molecular complexity index is 459. The van der Waals surface area contributed by atoms with Crippen molar-refractivity contribution in [1.29, 1.82) is 0 Å². The molecular formula is C10H9F2N3. The largest absolute Gasteiger partial charge is 0.248 e. The van der Waals surface area contributed by atoms with Crippen molar-refractivity contribution in [2.24, 2.45) is 0 Å². The van der Waals surface area contributed by atoms with Gasteiger partial charge in [-0.15, -0.1) is 5.10 Å². The highest BCUT2D eigenvalue weighted by molar-refractivity contribution is 5.19. The number of hydrogen-bond acceptors (Lipinski definition) is 2. The second kappa shape index (κ2) is 3.76. The summed E-state index contributed by atoms with van der Waals surface area (Å²) in [7, 11) is 0. The topological polar surface area (TPSA) is 30.7 Å². The number of hydrogen-bond donors (Lipinski definition) is 0. The van der Waals surface area contributed by atoms with Crippen molar-refractivity contribution in [3.05, 3.63) is 47.3 Å². The minimum absolute atomic E-state index is 0.00222. The molecule has 0 bridgehead atoms. The number of aromatic nitrogens is 3. The van der Waals surface area contributed by atoms with Crippen molar-refractivity contribution in [2.45, 2.75) is 13.5 Å². The second-order valence-electron chi connectivity index (χ2n) is 3.26. The summed E-state index contributed by atoms with van der Waals surface area (Å²) < 4.78 is 27.9. The van der Waals surface area contributed by atoms with Gasteiger partial charge in [0.25, 0.3) is 0 Å². The SMILES string of the molecule is Cc1cn(Cc2c(F)cccc2F)nn1. The summed E-state index contributed by atoms with van der Waals surface area (Å²) in [5.74, 6) is -1.13. The van der Waals surface area contributed by atoms with Crippen LogP contribution in [-0.4, -0.2) is 15.0 Å². The molecule has 0 aliphatic carbocycles. The molecule has 0 N–H and O–H groups in total. The van der Waals surface area contributed by atoms with Gasteiger partial charge in [-0.25, -0.2) is 13.5 Å². The Morgan fingerprint density at radius 3 is 2.47 bits per heavy atom. The first kappa shape index (κ1) is 9.76. The summed E-state index contributed by atoms with van der Waals surface area (Å²) in [6.07, 6.45) is 1.63. The fourth-order valence-corrected chi connectivity index (χ4v) is 1.32. The Kier molecular flexibility index (Phi) is 2.45. The van der Waals surface area contributed by atoms with Crippen LogP contribution >= 0.6 is 0 Å². The normalized spacial score (nSPS) is 10.6. The molecule has 0 saturated heterocycles. The van der Waals surface area contributed by atoms with Crippen LogP contribution in [0.2, 0.25) is 0 Å². The van der Waals surface area contributed by atoms with Gasteiger partial charge in [-0.1, -0.05) is 11.3 Å². The van der Waals surface area contributed by atoms with Crippen LogP contribution in [0.15, 0.2) is 24.4 Å². The highest BCUT2D eigenvalue weighted by Crippen LogP contribution is 2.13. The van der Waals surface area contributed by atoms with Gasteiger partial charge >= 0.3 is 0 Å². The third-order valence-electron chi connectivity index (χ3n) is 2.03. The summed E-state index contributed by atoms with van der Waals surface area (Å²) in [4.78, 5) is 0. The summed E-state index contributed by atoms with van der Waals surface area (Å²) in [5, 5.41) is 7.47. The van der Waals surface area contributed by atoms with Gasteiger partial charge in [0.15, 0.2) is 0 Å². The molecule has 3 nitrogen and oxygen atoms in total. The molecule has 0 saturated carbocycles. The zero-order valence-corrected chi connectivity index (χ0v) is 8.11. The van der Waals surface area contributed by atoms with Gasteiger partial charge in [-0.05, 0) is 19.1 Å². The van der Waals surface area contributed by atoms with E-state index in [0.29, 0.717) is 5.69 Å². The molecule has 2 rings (SSSR count). The molecule has 2 aromatic rings. The van der Waals surface area contributed by atoms with Crippen LogP contribution < -0.4 is 0 Å². The third kappa shape index (κ3) is 2.01. The zero-order valence-electron chi connectivity index (χ0n) is 8.11. The Hall–Kier alpha value is -1.78. The lowest BCUT2D eigenvalue weighted by molar-refractivity contribution is 0.528. The first-order valence-electron chi connectivity index (χ1n) is 4.46. The summed E-state index contributed by atoms with van der Waals surface area (Å²) >= 11 is 0. The van der Waals surface area contributed by atoms with Crippen molar-refractivity contribution < 1.29 is 8.78 Å². The molecule has 0 aliphatic heterocycles. The van der Waals surface area contributed by atoms with Crippen molar-refractivity contribution in [3.63, 3.8) is 0 Å². The molecule has 0 fully saturated rings. The monoisotopic (exact) mass is 209 g/mol. The molecular weight excluding hydrogens is 200 g/mol. The molecule has 1 aromatic carbocycles. The van der Waals surface area contributed by atoms with Crippen LogP contribution in [0.4, 0.5) is 8.78 Å². The summed E-state index contributed by atoms with van der Waals surface area (Å²) in [5.41, 5.74) is 0.717. The molecule has 0 aliphatic rings. The molecule has 0 spiro atoms. The van der Waals surface area contributed by atoms with Crippen LogP contribution in [0, 0.1) is 18.6 Å². The lowest BCUT2D eigenvalue weighted by atomic mass is 10.2. The molecule has 5 heteroatoms. The van der Waals surface area contributed by atoms with Crippen LogP contribution in [0.5, 0.6) is 0 Å². The molecule has 0 amide bonds. The summed E-state index contributed by atoms with van der Waals surface area (Å²) in [6.45, 7) is 1.82. The van der Waals surface area contributed by atoms with E-state index in [1.54, 1.807) is 13.1 Å². The quantitative estimate of drug-likeness (QED) is 0.756. The van der Waals surface area contributed by atoms with Gasteiger partial charge in [-0.3, -0.25) is 0 Å². The fraction of sp³-hybridized carbons (Fsp3) is 0.200. The average Bonchev–Trinajstić information content (AvgIpc) is 2.58. The number of nitrogens with zero attached hydrogens (tertiary/aromatic N) is 3. The molecule has 1 aromatic heterocycles. The molecule has 0 radical (unpaired) electrons. The Morgan fingerprint density at radius 1 is 1.27 bits per heavy atom. The summed E-state index contributed by atoms with van der Waals surface area (Å²) in [6, 6.07) is 3.78.